The largest absolute Gasteiger partial charge is 1.00 e. The lowest BCUT2D eigenvalue weighted by atomic mass is 10.4. The van der Waals surface area contributed by atoms with Crippen molar-refractivity contribution in [2.24, 2.45) is 0 Å². The average molecular weight is 162 g/mol. The monoisotopic (exact) mass is 161 g/mol. The Balaban J connectivity index is 0. The van der Waals surface area contributed by atoms with Crippen LogP contribution < -0.4 is 12.4 Å². The zero-order chi connectivity index (χ0) is 7.33. The molecule has 0 fully saturated rings. The van der Waals surface area contributed by atoms with Gasteiger partial charge in [-0.1, -0.05) is 6.58 Å². The number of quaternary nitrogens is 1. The smallest absolute Gasteiger partial charge is 0.101 e. The second kappa shape index (κ2) is 5.51. The van der Waals surface area contributed by atoms with Gasteiger partial charge in [-0.15, -0.1) is 0 Å². The summed E-state index contributed by atoms with van der Waals surface area (Å²) in [5.74, 6) is 0. The summed E-state index contributed by atoms with van der Waals surface area (Å²) in [7, 11) is 4.28. The average Bonchev–Trinajstić information content (AvgIpc) is 1.64. The number of allylic oxidation sites excluding steroid dienone is 1. The van der Waals surface area contributed by atoms with Crippen molar-refractivity contribution in [1.29, 1.82) is 0 Å². The van der Waals surface area contributed by atoms with Gasteiger partial charge in [0, 0.05) is 0 Å². The van der Waals surface area contributed by atoms with Crippen molar-refractivity contribution < 1.29 is 16.9 Å². The van der Waals surface area contributed by atoms with Gasteiger partial charge in [0.25, 0.3) is 0 Å². The first-order valence-electron chi connectivity index (χ1n) is 3.20. The third kappa shape index (κ3) is 5.86. The minimum Gasteiger partial charge on any atom is -1.00 e. The fourth-order valence-electron chi connectivity index (χ4n) is 0.797. The van der Waals surface area contributed by atoms with Crippen molar-refractivity contribution >= 4 is 0 Å². The topological polar surface area (TPSA) is 0 Å². The molecular formula is C8H16ClN. The molecule has 0 rings (SSSR count). The first-order chi connectivity index (χ1) is 4.12. The molecule has 0 bridgehead atoms. The van der Waals surface area contributed by atoms with Crippen LogP contribution in [0.4, 0.5) is 0 Å². The van der Waals surface area contributed by atoms with E-state index in [0.717, 1.165) is 11.0 Å². The van der Waals surface area contributed by atoms with Crippen LogP contribution in [-0.2, 0) is 0 Å². The molecule has 0 saturated heterocycles. The Hall–Kier alpha value is -0.270. The van der Waals surface area contributed by atoms with Gasteiger partial charge in [0.15, 0.2) is 0 Å². The molecule has 10 heavy (non-hydrogen) atoms. The summed E-state index contributed by atoms with van der Waals surface area (Å²) in [4.78, 5) is 0. The van der Waals surface area contributed by atoms with Crippen LogP contribution in [0.3, 0.4) is 0 Å². The molecule has 0 amide bonds. The van der Waals surface area contributed by atoms with Gasteiger partial charge in [-0.05, 0) is 19.1 Å². The molecule has 1 nitrogen and oxygen atoms in total. The molecule has 0 atom stereocenters. The summed E-state index contributed by atoms with van der Waals surface area (Å²) in [6, 6.07) is 0. The van der Waals surface area contributed by atoms with Crippen molar-refractivity contribution in [2.45, 2.75) is 6.92 Å². The molecule has 2 heteroatoms. The molecule has 0 unspecified atom stereocenters. The highest BCUT2D eigenvalue weighted by Gasteiger charge is 2.05. The fourth-order valence-corrected chi connectivity index (χ4v) is 0.797. The standard InChI is InChI=1S/C8H16N.ClH/c1-5-7-9(3,4)8-6-2;/h5-6,8H,1,7H2,2-4H3;1H/q+1;/p-1. The van der Waals surface area contributed by atoms with E-state index in [1.165, 1.54) is 0 Å². The Kier molecular flexibility index (Phi) is 6.84. The number of halogens is 1. The van der Waals surface area contributed by atoms with E-state index in [9.17, 15) is 0 Å². The summed E-state index contributed by atoms with van der Waals surface area (Å²) in [6.45, 7) is 6.70. The zero-order valence-corrected chi connectivity index (χ0v) is 7.73. The van der Waals surface area contributed by atoms with Crippen molar-refractivity contribution in [3.8, 4) is 0 Å². The van der Waals surface area contributed by atoms with Crippen molar-refractivity contribution in [1.82, 2.24) is 0 Å². The molecule has 0 aliphatic carbocycles. The van der Waals surface area contributed by atoms with Gasteiger partial charge in [-0.3, -0.25) is 4.48 Å². The SMILES string of the molecule is C=CC[N+](C)(C)C=CC.[Cl-]. The van der Waals surface area contributed by atoms with Gasteiger partial charge in [-0.25, -0.2) is 0 Å². The Morgan fingerprint density at radius 3 is 2.20 bits per heavy atom. The Labute approximate surface area is 70.0 Å². The van der Waals surface area contributed by atoms with Gasteiger partial charge in [-0.2, -0.15) is 0 Å². The fraction of sp³-hybridized carbons (Fsp3) is 0.500. The summed E-state index contributed by atoms with van der Waals surface area (Å²) in [5.41, 5.74) is 0. The second-order valence-corrected chi connectivity index (χ2v) is 2.73. The predicted molar refractivity (Wildman–Crippen MR) is 42.0 cm³/mol. The van der Waals surface area contributed by atoms with Crippen LogP contribution in [0.5, 0.6) is 0 Å². The van der Waals surface area contributed by atoms with Crippen molar-refractivity contribution in [2.75, 3.05) is 20.6 Å². The quantitative estimate of drug-likeness (QED) is 0.360. The van der Waals surface area contributed by atoms with E-state index in [4.69, 9.17) is 0 Å². The molecule has 0 aromatic rings. The summed E-state index contributed by atoms with van der Waals surface area (Å²) >= 11 is 0. The van der Waals surface area contributed by atoms with Crippen LogP contribution in [0.1, 0.15) is 6.92 Å². The highest BCUT2D eigenvalue weighted by atomic mass is 35.5. The van der Waals surface area contributed by atoms with Crippen LogP contribution in [0.25, 0.3) is 0 Å². The third-order valence-corrected chi connectivity index (χ3v) is 1.15. The highest BCUT2D eigenvalue weighted by molar-refractivity contribution is 4.71. The summed E-state index contributed by atoms with van der Waals surface area (Å²) in [6.07, 6.45) is 6.13. The minimum atomic E-state index is 0. The van der Waals surface area contributed by atoms with E-state index in [-0.39, 0.29) is 12.4 Å². The lowest BCUT2D eigenvalue weighted by Crippen LogP contribution is -3.00. The molecule has 60 valence electrons. The molecule has 0 aliphatic heterocycles. The highest BCUT2D eigenvalue weighted by Crippen LogP contribution is 1.96. The molecule has 0 N–H and O–H groups in total. The van der Waals surface area contributed by atoms with Crippen LogP contribution in [0.15, 0.2) is 24.9 Å². The Bertz CT molecular complexity index is 116. The van der Waals surface area contributed by atoms with Gasteiger partial charge >= 0.3 is 0 Å². The van der Waals surface area contributed by atoms with Crippen LogP contribution in [-0.4, -0.2) is 25.1 Å². The first-order valence-corrected chi connectivity index (χ1v) is 3.20. The maximum atomic E-state index is 3.68. The summed E-state index contributed by atoms with van der Waals surface area (Å²) < 4.78 is 0.889. The Morgan fingerprint density at radius 2 is 1.90 bits per heavy atom. The van der Waals surface area contributed by atoms with E-state index in [0.29, 0.717) is 0 Å². The van der Waals surface area contributed by atoms with Gasteiger partial charge in [0.05, 0.1) is 20.3 Å². The maximum absolute atomic E-state index is 3.68. The molecule has 0 aromatic carbocycles. The van der Waals surface area contributed by atoms with Gasteiger partial charge in [0.1, 0.15) is 6.54 Å². The van der Waals surface area contributed by atoms with Gasteiger partial charge < -0.3 is 12.4 Å². The normalized spacial score (nSPS) is 11.1. The zero-order valence-electron chi connectivity index (χ0n) is 6.97. The number of hydrogen-bond donors (Lipinski definition) is 0. The van der Waals surface area contributed by atoms with Crippen LogP contribution >= 0.6 is 0 Å². The molecule has 0 radical (unpaired) electrons. The van der Waals surface area contributed by atoms with Crippen molar-refractivity contribution in [3.63, 3.8) is 0 Å². The number of rotatable bonds is 3. The van der Waals surface area contributed by atoms with Crippen LogP contribution in [0, 0.1) is 0 Å². The lowest BCUT2D eigenvalue weighted by molar-refractivity contribution is -0.832. The second-order valence-electron chi connectivity index (χ2n) is 2.73. The third-order valence-electron chi connectivity index (χ3n) is 1.15. The number of nitrogens with zero attached hydrogens (tertiary/aromatic N) is 1. The van der Waals surface area contributed by atoms with E-state index in [1.54, 1.807) is 0 Å². The molecular weight excluding hydrogens is 146 g/mol. The predicted octanol–water partition coefficient (Wildman–Crippen LogP) is -1.21. The molecule has 0 aromatic heterocycles. The molecule has 0 heterocycles. The molecule has 0 aliphatic rings. The minimum absolute atomic E-state index is 0. The Morgan fingerprint density at radius 1 is 1.40 bits per heavy atom. The molecule has 0 saturated carbocycles. The van der Waals surface area contributed by atoms with E-state index >= 15 is 0 Å². The summed E-state index contributed by atoms with van der Waals surface area (Å²) in [5, 5.41) is 0. The van der Waals surface area contributed by atoms with Crippen molar-refractivity contribution in [3.05, 3.63) is 24.9 Å². The maximum Gasteiger partial charge on any atom is 0.101 e. The first kappa shape index (κ1) is 12.4. The van der Waals surface area contributed by atoms with Gasteiger partial charge in [0.2, 0.25) is 0 Å². The molecule has 0 spiro atoms. The van der Waals surface area contributed by atoms with E-state index < -0.39 is 0 Å². The number of hydrogen-bond acceptors (Lipinski definition) is 0. The van der Waals surface area contributed by atoms with E-state index in [2.05, 4.69) is 33.0 Å². The van der Waals surface area contributed by atoms with E-state index in [1.807, 2.05) is 13.0 Å². The number of likely N-dealkylation sites (N-methyl/N-ethyl adjacent to an activating group) is 1. The lowest BCUT2D eigenvalue weighted by Gasteiger charge is -2.22. The van der Waals surface area contributed by atoms with Crippen LogP contribution in [0.2, 0.25) is 0 Å².